The third kappa shape index (κ3) is 3.71. The van der Waals surface area contributed by atoms with Crippen LogP contribution in [0.15, 0.2) is 54.6 Å². The van der Waals surface area contributed by atoms with E-state index in [-0.39, 0.29) is 5.78 Å². The second-order valence-corrected chi connectivity index (χ2v) is 5.56. The molecule has 0 aliphatic carbocycles. The average molecular weight is 321 g/mol. The number of carbonyl (C=O) groups is 1. The zero-order valence-corrected chi connectivity index (χ0v) is 13.8. The van der Waals surface area contributed by atoms with Gasteiger partial charge in [-0.1, -0.05) is 18.2 Å². The first-order valence-corrected chi connectivity index (χ1v) is 7.86. The Balaban J connectivity index is 1.59. The van der Waals surface area contributed by atoms with Gasteiger partial charge in [0.25, 0.3) is 0 Å². The van der Waals surface area contributed by atoms with Crippen LogP contribution in [0.25, 0.3) is 10.9 Å². The van der Waals surface area contributed by atoms with Crippen LogP contribution in [0.3, 0.4) is 0 Å². The van der Waals surface area contributed by atoms with Gasteiger partial charge in [-0.15, -0.1) is 0 Å². The maximum Gasteiger partial charge on any atom is 0.159 e. The van der Waals surface area contributed by atoms with Crippen molar-refractivity contribution in [2.24, 2.45) is 0 Å². The molecule has 1 aromatic heterocycles. The Morgan fingerprint density at radius 3 is 2.46 bits per heavy atom. The summed E-state index contributed by atoms with van der Waals surface area (Å²) in [6, 6.07) is 17.0. The van der Waals surface area contributed by atoms with E-state index in [9.17, 15) is 4.79 Å². The number of fused-ring (bicyclic) bond motifs is 1. The molecule has 3 aromatic rings. The van der Waals surface area contributed by atoms with Crippen LogP contribution in [0, 0.1) is 6.92 Å². The van der Waals surface area contributed by atoms with Crippen molar-refractivity contribution in [2.45, 2.75) is 13.8 Å². The first-order valence-electron chi connectivity index (χ1n) is 7.86. The van der Waals surface area contributed by atoms with Crippen LogP contribution in [0.2, 0.25) is 0 Å². The van der Waals surface area contributed by atoms with Crippen molar-refractivity contribution >= 4 is 16.7 Å². The highest BCUT2D eigenvalue weighted by atomic mass is 16.5. The summed E-state index contributed by atoms with van der Waals surface area (Å²) >= 11 is 0. The lowest BCUT2D eigenvalue weighted by Crippen LogP contribution is -2.09. The van der Waals surface area contributed by atoms with Gasteiger partial charge in [0.2, 0.25) is 0 Å². The minimum absolute atomic E-state index is 0.0450. The second-order valence-electron chi connectivity index (χ2n) is 5.56. The van der Waals surface area contributed by atoms with Crippen LogP contribution < -0.4 is 9.47 Å². The van der Waals surface area contributed by atoms with Crippen molar-refractivity contribution in [1.29, 1.82) is 0 Å². The molecular weight excluding hydrogens is 302 g/mol. The number of Topliss-reactive ketones (excluding diaryl/α,β-unsaturated/α-hetero) is 1. The number of hydrogen-bond donors (Lipinski definition) is 0. The molecule has 0 aliphatic rings. The number of rotatable bonds is 6. The Morgan fingerprint density at radius 2 is 1.71 bits per heavy atom. The SMILES string of the molecule is CC(=O)c1ccc(OCCOc2cccc3ccc(C)nc23)cc1. The number of hydrogen-bond acceptors (Lipinski definition) is 4. The molecule has 3 rings (SSSR count). The van der Waals surface area contributed by atoms with Crippen LogP contribution in [-0.4, -0.2) is 24.0 Å². The molecular formula is C20H19NO3. The fourth-order valence-electron chi connectivity index (χ4n) is 2.43. The molecule has 0 bridgehead atoms. The van der Waals surface area contributed by atoms with Crippen LogP contribution in [-0.2, 0) is 0 Å². The second kappa shape index (κ2) is 7.13. The lowest BCUT2D eigenvalue weighted by Gasteiger charge is -2.10. The lowest BCUT2D eigenvalue weighted by atomic mass is 10.1. The number of aromatic nitrogens is 1. The van der Waals surface area contributed by atoms with Gasteiger partial charge in [0, 0.05) is 16.6 Å². The van der Waals surface area contributed by atoms with E-state index in [2.05, 4.69) is 4.98 Å². The first-order chi connectivity index (χ1) is 11.6. The van der Waals surface area contributed by atoms with Crippen LogP contribution >= 0.6 is 0 Å². The van der Waals surface area contributed by atoms with E-state index in [1.807, 2.05) is 37.3 Å². The Labute approximate surface area is 141 Å². The lowest BCUT2D eigenvalue weighted by molar-refractivity contribution is 0.101. The number of nitrogens with zero attached hydrogens (tertiary/aromatic N) is 1. The van der Waals surface area contributed by atoms with Crippen LogP contribution in [0.5, 0.6) is 11.5 Å². The van der Waals surface area contributed by atoms with Gasteiger partial charge in [-0.05, 0) is 50.2 Å². The summed E-state index contributed by atoms with van der Waals surface area (Å²) in [4.78, 5) is 15.8. The molecule has 0 amide bonds. The molecule has 0 aliphatic heterocycles. The molecule has 2 aromatic carbocycles. The van der Waals surface area contributed by atoms with Gasteiger partial charge in [0.1, 0.15) is 30.2 Å². The highest BCUT2D eigenvalue weighted by Crippen LogP contribution is 2.23. The van der Waals surface area contributed by atoms with E-state index in [0.29, 0.717) is 18.8 Å². The van der Waals surface area contributed by atoms with Crippen molar-refractivity contribution < 1.29 is 14.3 Å². The van der Waals surface area contributed by atoms with Crippen molar-refractivity contribution in [2.75, 3.05) is 13.2 Å². The van der Waals surface area contributed by atoms with Crippen molar-refractivity contribution in [1.82, 2.24) is 4.98 Å². The van der Waals surface area contributed by atoms with E-state index in [0.717, 1.165) is 28.1 Å². The third-order valence-corrected chi connectivity index (χ3v) is 3.69. The molecule has 4 heteroatoms. The molecule has 0 unspecified atom stereocenters. The molecule has 0 fully saturated rings. The number of benzene rings is 2. The predicted octanol–water partition coefficient (Wildman–Crippen LogP) is 4.20. The summed E-state index contributed by atoms with van der Waals surface area (Å²) in [5.74, 6) is 1.52. The summed E-state index contributed by atoms with van der Waals surface area (Å²) in [6.45, 7) is 4.35. The highest BCUT2D eigenvalue weighted by Gasteiger charge is 2.04. The van der Waals surface area contributed by atoms with Crippen LogP contribution in [0.1, 0.15) is 23.0 Å². The normalized spacial score (nSPS) is 10.6. The average Bonchev–Trinajstić information content (AvgIpc) is 2.59. The maximum absolute atomic E-state index is 11.2. The van der Waals surface area contributed by atoms with E-state index in [1.54, 1.807) is 31.2 Å². The van der Waals surface area contributed by atoms with E-state index in [4.69, 9.17) is 9.47 Å². The van der Waals surface area contributed by atoms with Gasteiger partial charge in [0.15, 0.2) is 5.78 Å². The summed E-state index contributed by atoms with van der Waals surface area (Å²) in [5.41, 5.74) is 2.50. The van der Waals surface area contributed by atoms with E-state index < -0.39 is 0 Å². The number of carbonyl (C=O) groups excluding carboxylic acids is 1. The van der Waals surface area contributed by atoms with Gasteiger partial charge in [0.05, 0.1) is 0 Å². The number of pyridine rings is 1. The summed E-state index contributed by atoms with van der Waals surface area (Å²) in [7, 11) is 0. The number of ether oxygens (including phenoxy) is 2. The Kier molecular flexibility index (Phi) is 4.75. The smallest absolute Gasteiger partial charge is 0.159 e. The molecule has 0 radical (unpaired) electrons. The Morgan fingerprint density at radius 1 is 0.958 bits per heavy atom. The van der Waals surface area contributed by atoms with E-state index in [1.165, 1.54) is 0 Å². The minimum Gasteiger partial charge on any atom is -0.490 e. The zero-order valence-electron chi connectivity index (χ0n) is 13.8. The van der Waals surface area contributed by atoms with Gasteiger partial charge in [-0.2, -0.15) is 0 Å². The van der Waals surface area contributed by atoms with Crippen molar-refractivity contribution in [3.05, 3.63) is 65.9 Å². The maximum atomic E-state index is 11.2. The molecule has 24 heavy (non-hydrogen) atoms. The Hall–Kier alpha value is -2.88. The summed E-state index contributed by atoms with van der Waals surface area (Å²) in [6.07, 6.45) is 0. The quantitative estimate of drug-likeness (QED) is 0.504. The fourth-order valence-corrected chi connectivity index (χ4v) is 2.43. The molecule has 0 atom stereocenters. The van der Waals surface area contributed by atoms with Crippen molar-refractivity contribution in [3.8, 4) is 11.5 Å². The number of ketones is 1. The van der Waals surface area contributed by atoms with Gasteiger partial charge in [-0.25, -0.2) is 4.98 Å². The molecule has 0 N–H and O–H groups in total. The van der Waals surface area contributed by atoms with Gasteiger partial charge in [-0.3, -0.25) is 4.79 Å². The fraction of sp³-hybridized carbons (Fsp3) is 0.200. The summed E-state index contributed by atoms with van der Waals surface area (Å²) < 4.78 is 11.5. The zero-order chi connectivity index (χ0) is 16.9. The highest BCUT2D eigenvalue weighted by molar-refractivity contribution is 5.94. The number of aryl methyl sites for hydroxylation is 1. The standard InChI is InChI=1S/C20H19NO3/c1-14-6-7-17-4-3-5-19(20(17)21-14)24-13-12-23-18-10-8-16(9-11-18)15(2)22/h3-11H,12-13H2,1-2H3. The molecule has 0 saturated heterocycles. The molecule has 0 spiro atoms. The first kappa shape index (κ1) is 16.0. The minimum atomic E-state index is 0.0450. The van der Waals surface area contributed by atoms with Crippen LogP contribution in [0.4, 0.5) is 0 Å². The molecule has 122 valence electrons. The summed E-state index contributed by atoms with van der Waals surface area (Å²) in [5, 5.41) is 1.05. The van der Waals surface area contributed by atoms with Gasteiger partial charge < -0.3 is 9.47 Å². The monoisotopic (exact) mass is 321 g/mol. The van der Waals surface area contributed by atoms with Gasteiger partial charge >= 0.3 is 0 Å². The Bertz CT molecular complexity index is 856. The van der Waals surface area contributed by atoms with Crippen molar-refractivity contribution in [3.63, 3.8) is 0 Å². The molecule has 0 saturated carbocycles. The van der Waals surface area contributed by atoms with E-state index >= 15 is 0 Å². The topological polar surface area (TPSA) is 48.4 Å². The largest absolute Gasteiger partial charge is 0.490 e. The number of para-hydroxylation sites is 1. The molecule has 4 nitrogen and oxygen atoms in total. The third-order valence-electron chi connectivity index (χ3n) is 3.69. The molecule has 1 heterocycles. The predicted molar refractivity (Wildman–Crippen MR) is 93.9 cm³/mol.